The van der Waals surface area contributed by atoms with Crippen LogP contribution < -0.4 is 10.1 Å². The maximum absolute atomic E-state index is 14.8. The lowest BCUT2D eigenvalue weighted by molar-refractivity contribution is -0.115. The molecule has 228 valence electrons. The van der Waals surface area contributed by atoms with Gasteiger partial charge in [0.25, 0.3) is 0 Å². The van der Waals surface area contributed by atoms with E-state index < -0.39 is 0 Å². The zero-order chi connectivity index (χ0) is 30.9. The first-order chi connectivity index (χ1) is 21.9. The van der Waals surface area contributed by atoms with Gasteiger partial charge >= 0.3 is 0 Å². The third-order valence-corrected chi connectivity index (χ3v) is 8.44. The maximum atomic E-state index is 14.8. The lowest BCUT2D eigenvalue weighted by Crippen LogP contribution is -2.25. The number of likely N-dealkylation sites (tertiary alicyclic amines) is 1. The lowest BCUT2D eigenvalue weighted by atomic mass is 10.00. The van der Waals surface area contributed by atoms with E-state index in [1.807, 2.05) is 50.2 Å². The molecule has 0 spiro atoms. The number of amides is 1. The highest BCUT2D eigenvalue weighted by molar-refractivity contribution is 6.01. The Kier molecular flexibility index (Phi) is 7.77. The van der Waals surface area contributed by atoms with Gasteiger partial charge in [0.2, 0.25) is 5.91 Å². The SMILES string of the molecule is CCC(=O)Nc1cc(C)cc(-c2ccc3[nH]nc(-c4cc5c(-c6cc(F)cc(OCCN7CCCC7)c6)cncc5[nH]4)c3c2)c1. The first-order valence-corrected chi connectivity index (χ1v) is 15.5. The molecule has 1 fully saturated rings. The summed E-state index contributed by atoms with van der Waals surface area (Å²) in [6, 6.07) is 19.1. The van der Waals surface area contributed by atoms with Gasteiger partial charge in [-0.25, -0.2) is 4.39 Å². The van der Waals surface area contributed by atoms with E-state index in [-0.39, 0.29) is 11.7 Å². The van der Waals surface area contributed by atoms with Gasteiger partial charge < -0.3 is 15.0 Å². The minimum atomic E-state index is -0.351. The molecule has 3 aromatic heterocycles. The van der Waals surface area contributed by atoms with E-state index in [1.54, 1.807) is 12.4 Å². The molecule has 0 aliphatic carbocycles. The Bertz CT molecular complexity index is 2020. The number of fused-ring (bicyclic) bond motifs is 2. The number of aromatic nitrogens is 4. The molecular weight excluding hydrogens is 567 g/mol. The monoisotopic (exact) mass is 602 g/mol. The highest BCUT2D eigenvalue weighted by Gasteiger charge is 2.17. The topological polar surface area (TPSA) is 98.9 Å². The highest BCUT2D eigenvalue weighted by atomic mass is 19.1. The molecule has 1 saturated heterocycles. The van der Waals surface area contributed by atoms with Crippen LogP contribution in [0.25, 0.3) is 55.4 Å². The first-order valence-electron chi connectivity index (χ1n) is 15.5. The first kappa shape index (κ1) is 28.7. The van der Waals surface area contributed by atoms with Crippen LogP contribution in [0.3, 0.4) is 0 Å². The standard InChI is InChI=1S/C36H35FN6O2/c1-3-35(44)39-27-13-22(2)12-24(15-27)23-6-7-32-30(17-23)36(42-41-32)33-19-29-31(20-38-21-34(29)40-33)25-14-26(37)18-28(16-25)45-11-10-43-8-4-5-9-43/h6-7,12-21,40H,3-5,8-11H2,1-2H3,(H,39,44)(H,41,42). The second-order valence-corrected chi connectivity index (χ2v) is 11.7. The van der Waals surface area contributed by atoms with Gasteiger partial charge in [0.1, 0.15) is 23.9 Å². The molecule has 3 aromatic carbocycles. The molecule has 3 N–H and O–H groups in total. The Morgan fingerprint density at radius 1 is 0.956 bits per heavy atom. The fraction of sp³-hybridized carbons (Fsp3) is 0.250. The summed E-state index contributed by atoms with van der Waals surface area (Å²) in [6.45, 7) is 7.41. The number of carbonyl (C=O) groups is 1. The van der Waals surface area contributed by atoms with Crippen molar-refractivity contribution in [1.29, 1.82) is 0 Å². The molecule has 4 heterocycles. The summed E-state index contributed by atoms with van der Waals surface area (Å²) in [5.41, 5.74) is 8.67. The number of halogens is 1. The number of anilines is 1. The van der Waals surface area contributed by atoms with Crippen LogP contribution in [0, 0.1) is 12.7 Å². The number of hydrogen-bond donors (Lipinski definition) is 3. The number of nitrogens with one attached hydrogen (secondary N) is 3. The number of pyridine rings is 1. The van der Waals surface area contributed by atoms with Crippen molar-refractivity contribution in [1.82, 2.24) is 25.1 Å². The van der Waals surface area contributed by atoms with E-state index in [9.17, 15) is 9.18 Å². The summed E-state index contributed by atoms with van der Waals surface area (Å²) in [7, 11) is 0. The van der Waals surface area contributed by atoms with Gasteiger partial charge in [0.05, 0.1) is 22.9 Å². The van der Waals surface area contributed by atoms with Crippen molar-refractivity contribution in [3.8, 4) is 39.4 Å². The van der Waals surface area contributed by atoms with Crippen LogP contribution in [0.4, 0.5) is 10.1 Å². The molecule has 1 aliphatic rings. The smallest absolute Gasteiger partial charge is 0.224 e. The number of nitrogens with zero attached hydrogens (tertiary/aromatic N) is 3. The Balaban J connectivity index is 1.21. The van der Waals surface area contributed by atoms with E-state index >= 15 is 0 Å². The number of ether oxygens (including phenoxy) is 1. The van der Waals surface area contributed by atoms with Crippen LogP contribution in [0.1, 0.15) is 31.7 Å². The third kappa shape index (κ3) is 6.04. The van der Waals surface area contributed by atoms with Crippen LogP contribution in [-0.4, -0.2) is 57.2 Å². The highest BCUT2D eigenvalue weighted by Crippen LogP contribution is 2.36. The third-order valence-electron chi connectivity index (χ3n) is 8.44. The molecule has 0 bridgehead atoms. The molecule has 0 unspecified atom stereocenters. The maximum Gasteiger partial charge on any atom is 0.224 e. The molecule has 45 heavy (non-hydrogen) atoms. The Hall–Kier alpha value is -5.02. The minimum absolute atomic E-state index is 0.0219. The van der Waals surface area contributed by atoms with Crippen LogP contribution in [0.5, 0.6) is 5.75 Å². The summed E-state index contributed by atoms with van der Waals surface area (Å²) in [5.74, 6) is 0.137. The van der Waals surface area contributed by atoms with Crippen molar-refractivity contribution < 1.29 is 13.9 Å². The second-order valence-electron chi connectivity index (χ2n) is 11.7. The van der Waals surface area contributed by atoms with Crippen LogP contribution in [0.15, 0.2) is 73.1 Å². The zero-order valence-electron chi connectivity index (χ0n) is 25.4. The number of hydrogen-bond acceptors (Lipinski definition) is 5. The van der Waals surface area contributed by atoms with Gasteiger partial charge in [0, 0.05) is 47.3 Å². The summed E-state index contributed by atoms with van der Waals surface area (Å²) in [5, 5.41) is 12.7. The lowest BCUT2D eigenvalue weighted by Gasteiger charge is -2.15. The number of rotatable bonds is 9. The summed E-state index contributed by atoms with van der Waals surface area (Å²) in [6.07, 6.45) is 6.40. The van der Waals surface area contributed by atoms with Crippen molar-refractivity contribution in [3.63, 3.8) is 0 Å². The van der Waals surface area contributed by atoms with Gasteiger partial charge in [-0.15, -0.1) is 0 Å². The fourth-order valence-electron chi connectivity index (χ4n) is 6.18. The molecule has 8 nitrogen and oxygen atoms in total. The number of carbonyl (C=O) groups excluding carboxylic acids is 1. The molecule has 9 heteroatoms. The molecular formula is C36H35FN6O2. The quantitative estimate of drug-likeness (QED) is 0.157. The van der Waals surface area contributed by atoms with Gasteiger partial charge in [-0.2, -0.15) is 5.10 Å². The van der Waals surface area contributed by atoms with Crippen molar-refractivity contribution in [2.45, 2.75) is 33.1 Å². The van der Waals surface area contributed by atoms with Crippen LogP contribution in [-0.2, 0) is 4.79 Å². The number of aromatic amines is 2. The molecule has 0 atom stereocenters. The largest absolute Gasteiger partial charge is 0.492 e. The Labute approximate surface area is 260 Å². The van der Waals surface area contributed by atoms with Crippen molar-refractivity contribution in [3.05, 3.63) is 84.4 Å². The van der Waals surface area contributed by atoms with E-state index in [2.05, 4.69) is 42.5 Å². The molecule has 1 aliphatic heterocycles. The van der Waals surface area contributed by atoms with E-state index in [0.717, 1.165) is 80.8 Å². The van der Waals surface area contributed by atoms with E-state index in [0.29, 0.717) is 24.3 Å². The summed E-state index contributed by atoms with van der Waals surface area (Å²) in [4.78, 5) is 22.3. The predicted molar refractivity (Wildman–Crippen MR) is 177 cm³/mol. The molecule has 6 aromatic rings. The van der Waals surface area contributed by atoms with Gasteiger partial charge in [-0.1, -0.05) is 19.1 Å². The minimum Gasteiger partial charge on any atom is -0.492 e. The molecule has 0 saturated carbocycles. The van der Waals surface area contributed by atoms with Crippen LogP contribution >= 0.6 is 0 Å². The van der Waals surface area contributed by atoms with Gasteiger partial charge in [0.15, 0.2) is 0 Å². The summed E-state index contributed by atoms with van der Waals surface area (Å²) < 4.78 is 20.8. The van der Waals surface area contributed by atoms with Gasteiger partial charge in [-0.05, 0) is 97.6 Å². The van der Waals surface area contributed by atoms with Crippen molar-refractivity contribution in [2.75, 3.05) is 31.6 Å². The van der Waals surface area contributed by atoms with E-state index in [4.69, 9.17) is 4.74 Å². The average Bonchev–Trinajstić information content (AvgIpc) is 3.80. The summed E-state index contributed by atoms with van der Waals surface area (Å²) >= 11 is 0. The molecule has 1 amide bonds. The predicted octanol–water partition coefficient (Wildman–Crippen LogP) is 7.71. The number of benzene rings is 3. The average molecular weight is 603 g/mol. The molecule has 7 rings (SSSR count). The van der Waals surface area contributed by atoms with E-state index in [1.165, 1.54) is 25.0 Å². The van der Waals surface area contributed by atoms with Crippen molar-refractivity contribution in [2.24, 2.45) is 0 Å². The Morgan fingerprint density at radius 2 is 1.82 bits per heavy atom. The zero-order valence-corrected chi connectivity index (χ0v) is 25.4. The second kappa shape index (κ2) is 12.2. The fourth-order valence-corrected chi connectivity index (χ4v) is 6.18. The normalized spacial score (nSPS) is 13.6. The van der Waals surface area contributed by atoms with Crippen molar-refractivity contribution >= 4 is 33.4 Å². The van der Waals surface area contributed by atoms with Gasteiger partial charge in [-0.3, -0.25) is 19.8 Å². The number of aryl methyl sites for hydroxylation is 1. The molecule has 0 radical (unpaired) electrons. The van der Waals surface area contributed by atoms with Crippen LogP contribution in [0.2, 0.25) is 0 Å². The Morgan fingerprint density at radius 3 is 2.67 bits per heavy atom. The number of H-pyrrole nitrogens is 2.